The topological polar surface area (TPSA) is 89.3 Å². The largest absolute Gasteiger partial charge is 0.480 e. The van der Waals surface area contributed by atoms with Gasteiger partial charge in [0.25, 0.3) is 0 Å². The van der Waals surface area contributed by atoms with Crippen LogP contribution in [0.1, 0.15) is 6.92 Å². The van der Waals surface area contributed by atoms with Crippen LogP contribution in [0.2, 0.25) is 0 Å². The van der Waals surface area contributed by atoms with E-state index in [1.165, 1.54) is 24.0 Å². The number of imidazole rings is 1. The van der Waals surface area contributed by atoms with Gasteiger partial charge in [-0.2, -0.15) is 0 Å². The fourth-order valence-electron chi connectivity index (χ4n) is 0.917. The van der Waals surface area contributed by atoms with Gasteiger partial charge < -0.3 is 9.67 Å². The highest BCUT2D eigenvalue weighted by atomic mass is 32.2. The number of carboxylic acid groups (broad SMARTS) is 1. The first kappa shape index (κ1) is 10.7. The van der Waals surface area contributed by atoms with Crippen LogP contribution < -0.4 is 0 Å². The maximum Gasteiger partial charge on any atom is 0.322 e. The lowest BCUT2D eigenvalue weighted by molar-refractivity contribution is -0.136. The van der Waals surface area contributed by atoms with Crippen LogP contribution in [0, 0.1) is 0 Å². The standard InChI is InChI=1S/C7H10N2O4S/c1-5(6(10)11)14(12,13)7-8-3-4-9(7)2/h3-5H,1-2H3,(H,10,11). The van der Waals surface area contributed by atoms with E-state index in [1.54, 1.807) is 0 Å². The quantitative estimate of drug-likeness (QED) is 0.750. The Morgan fingerprint density at radius 2 is 2.21 bits per heavy atom. The molecule has 1 aromatic rings. The number of carboxylic acids is 1. The van der Waals surface area contributed by atoms with Gasteiger partial charge >= 0.3 is 5.97 Å². The number of sulfone groups is 1. The molecule has 0 radical (unpaired) electrons. The number of hydrogen-bond donors (Lipinski definition) is 1. The van der Waals surface area contributed by atoms with Crippen LogP contribution >= 0.6 is 0 Å². The summed E-state index contributed by atoms with van der Waals surface area (Å²) in [4.78, 5) is 14.1. The summed E-state index contributed by atoms with van der Waals surface area (Å²) in [5, 5.41) is 6.88. The molecule has 0 aliphatic carbocycles. The van der Waals surface area contributed by atoms with Gasteiger partial charge in [-0.15, -0.1) is 0 Å². The van der Waals surface area contributed by atoms with E-state index in [0.29, 0.717) is 0 Å². The second-order valence-corrected chi connectivity index (χ2v) is 5.01. The highest BCUT2D eigenvalue weighted by molar-refractivity contribution is 7.92. The van der Waals surface area contributed by atoms with Gasteiger partial charge in [0.15, 0.2) is 5.25 Å². The maximum absolute atomic E-state index is 11.6. The molecule has 0 bridgehead atoms. The molecular formula is C7H10N2O4S. The molecule has 78 valence electrons. The molecule has 1 rings (SSSR count). The molecular weight excluding hydrogens is 208 g/mol. The molecule has 6 nitrogen and oxygen atoms in total. The van der Waals surface area contributed by atoms with Crippen LogP contribution in [0.15, 0.2) is 17.6 Å². The van der Waals surface area contributed by atoms with Gasteiger partial charge in [-0.1, -0.05) is 0 Å². The summed E-state index contributed by atoms with van der Waals surface area (Å²) in [6.45, 7) is 1.12. The van der Waals surface area contributed by atoms with E-state index in [0.717, 1.165) is 6.92 Å². The predicted molar refractivity (Wildman–Crippen MR) is 47.5 cm³/mol. The third-order valence-corrected chi connectivity index (χ3v) is 3.88. The molecule has 0 aliphatic heterocycles. The van der Waals surface area contributed by atoms with Crippen LogP contribution in [0.25, 0.3) is 0 Å². The average molecular weight is 218 g/mol. The first-order chi connectivity index (χ1) is 6.37. The number of aromatic nitrogens is 2. The Kier molecular flexibility index (Phi) is 2.61. The van der Waals surface area contributed by atoms with E-state index >= 15 is 0 Å². The monoisotopic (exact) mass is 218 g/mol. The summed E-state index contributed by atoms with van der Waals surface area (Å²) >= 11 is 0. The summed E-state index contributed by atoms with van der Waals surface area (Å²) in [5.74, 6) is -1.38. The lowest BCUT2D eigenvalue weighted by Gasteiger charge is -2.07. The summed E-state index contributed by atoms with van der Waals surface area (Å²) in [6.07, 6.45) is 2.75. The number of hydrogen-bond acceptors (Lipinski definition) is 4. The third-order valence-electron chi connectivity index (χ3n) is 1.84. The number of nitrogens with zero attached hydrogens (tertiary/aromatic N) is 2. The second kappa shape index (κ2) is 3.41. The van der Waals surface area contributed by atoms with Gasteiger partial charge in [0.1, 0.15) is 0 Å². The van der Waals surface area contributed by atoms with Gasteiger partial charge in [0, 0.05) is 19.4 Å². The van der Waals surface area contributed by atoms with E-state index in [-0.39, 0.29) is 5.16 Å². The van der Waals surface area contributed by atoms with Gasteiger partial charge in [-0.05, 0) is 6.92 Å². The summed E-state index contributed by atoms with van der Waals surface area (Å²) < 4.78 is 24.5. The molecule has 7 heteroatoms. The molecule has 0 fully saturated rings. The summed E-state index contributed by atoms with van der Waals surface area (Å²) in [7, 11) is -2.38. The first-order valence-electron chi connectivity index (χ1n) is 3.81. The molecule has 0 aromatic carbocycles. The zero-order chi connectivity index (χ0) is 10.9. The van der Waals surface area contributed by atoms with Crippen molar-refractivity contribution in [1.29, 1.82) is 0 Å². The molecule has 0 saturated carbocycles. The molecule has 1 unspecified atom stereocenters. The van der Waals surface area contributed by atoms with Crippen LogP contribution in [0.5, 0.6) is 0 Å². The first-order valence-corrected chi connectivity index (χ1v) is 5.36. The summed E-state index contributed by atoms with van der Waals surface area (Å²) in [5.41, 5.74) is 0. The van der Waals surface area contributed by atoms with Crippen molar-refractivity contribution in [3.63, 3.8) is 0 Å². The van der Waals surface area contributed by atoms with Crippen molar-refractivity contribution < 1.29 is 18.3 Å². The van der Waals surface area contributed by atoms with Gasteiger partial charge in [0.05, 0.1) is 0 Å². The van der Waals surface area contributed by atoms with Gasteiger partial charge in [-0.3, -0.25) is 4.79 Å². The van der Waals surface area contributed by atoms with Crippen molar-refractivity contribution in [2.24, 2.45) is 7.05 Å². The highest BCUT2D eigenvalue weighted by Crippen LogP contribution is 2.12. The van der Waals surface area contributed by atoms with Crippen LogP contribution in [0.4, 0.5) is 0 Å². The predicted octanol–water partition coefficient (Wildman–Crippen LogP) is -0.333. The van der Waals surface area contributed by atoms with Crippen molar-refractivity contribution in [1.82, 2.24) is 9.55 Å². The lowest BCUT2D eigenvalue weighted by atomic mass is 10.5. The van der Waals surface area contributed by atoms with Crippen molar-refractivity contribution in [3.05, 3.63) is 12.4 Å². The van der Waals surface area contributed by atoms with Crippen molar-refractivity contribution >= 4 is 15.8 Å². The maximum atomic E-state index is 11.6. The fourth-order valence-corrected chi connectivity index (χ4v) is 2.17. The Balaban J connectivity index is 3.22. The number of carbonyl (C=O) groups is 1. The highest BCUT2D eigenvalue weighted by Gasteiger charge is 2.32. The molecule has 1 aromatic heterocycles. The molecule has 0 saturated heterocycles. The summed E-state index contributed by atoms with van der Waals surface area (Å²) in [6, 6.07) is 0. The second-order valence-electron chi connectivity index (χ2n) is 2.85. The molecule has 1 heterocycles. The lowest BCUT2D eigenvalue weighted by Crippen LogP contribution is -2.28. The van der Waals surface area contributed by atoms with Gasteiger partial charge in [-0.25, -0.2) is 13.4 Å². The van der Waals surface area contributed by atoms with Crippen molar-refractivity contribution in [3.8, 4) is 0 Å². The van der Waals surface area contributed by atoms with E-state index in [9.17, 15) is 13.2 Å². The van der Waals surface area contributed by atoms with Crippen LogP contribution in [-0.4, -0.2) is 34.3 Å². The fraction of sp³-hybridized carbons (Fsp3) is 0.429. The molecule has 1 atom stereocenters. The smallest absolute Gasteiger partial charge is 0.322 e. The van der Waals surface area contributed by atoms with E-state index in [4.69, 9.17) is 5.11 Å². The molecule has 1 N–H and O–H groups in total. The Labute approximate surface area is 81.1 Å². The molecule has 0 aliphatic rings. The Bertz CT molecular complexity index is 448. The van der Waals surface area contributed by atoms with Crippen molar-refractivity contribution in [2.75, 3.05) is 0 Å². The Morgan fingerprint density at radius 1 is 1.64 bits per heavy atom. The molecule has 14 heavy (non-hydrogen) atoms. The van der Waals surface area contributed by atoms with Gasteiger partial charge in [0.2, 0.25) is 15.0 Å². The zero-order valence-electron chi connectivity index (χ0n) is 7.71. The zero-order valence-corrected chi connectivity index (χ0v) is 8.52. The minimum Gasteiger partial charge on any atom is -0.480 e. The van der Waals surface area contributed by atoms with Crippen molar-refractivity contribution in [2.45, 2.75) is 17.3 Å². The number of aryl methyl sites for hydroxylation is 1. The van der Waals surface area contributed by atoms with E-state index in [2.05, 4.69) is 4.98 Å². The Morgan fingerprint density at radius 3 is 2.57 bits per heavy atom. The Hall–Kier alpha value is -1.37. The molecule has 0 spiro atoms. The van der Waals surface area contributed by atoms with Crippen LogP contribution in [0.3, 0.4) is 0 Å². The van der Waals surface area contributed by atoms with Crippen LogP contribution in [-0.2, 0) is 21.7 Å². The third kappa shape index (κ3) is 1.63. The SMILES string of the molecule is CC(C(=O)O)S(=O)(=O)c1nccn1C. The number of aliphatic carboxylic acids is 1. The minimum absolute atomic E-state index is 0.229. The normalized spacial score (nSPS) is 13.9. The van der Waals surface area contributed by atoms with E-state index < -0.39 is 21.1 Å². The molecule has 0 amide bonds. The number of rotatable bonds is 3. The average Bonchev–Trinajstić information content (AvgIpc) is 2.50. The minimum atomic E-state index is -3.87. The van der Waals surface area contributed by atoms with E-state index in [1.807, 2.05) is 0 Å².